The molecule has 0 heterocycles. The Balaban J connectivity index is 3.30. The van der Waals surface area contributed by atoms with Gasteiger partial charge in [0.2, 0.25) is 6.29 Å². The molecule has 5 heteroatoms. The summed E-state index contributed by atoms with van der Waals surface area (Å²) in [6.45, 7) is 1.63. The number of ether oxygens (including phenoxy) is 1. The lowest BCUT2D eigenvalue weighted by molar-refractivity contribution is -0.143. The Morgan fingerprint density at radius 3 is 2.33 bits per heavy atom. The number of carbonyl (C=O) groups excluding carboxylic acids is 2. The number of carbonyl (C=O) groups is 3. The molecule has 18 heavy (non-hydrogen) atoms. The summed E-state index contributed by atoms with van der Waals surface area (Å²) in [5.41, 5.74) is 0.378. The van der Waals surface area contributed by atoms with Crippen molar-refractivity contribution in [2.75, 3.05) is 0 Å². The summed E-state index contributed by atoms with van der Waals surface area (Å²) in [5.74, 6) is -2.40. The van der Waals surface area contributed by atoms with E-state index in [-0.39, 0.29) is 24.0 Å². The zero-order valence-corrected chi connectivity index (χ0v) is 9.75. The number of aldehydes is 1. The van der Waals surface area contributed by atoms with E-state index in [9.17, 15) is 14.4 Å². The number of carboxylic acids is 1. The monoisotopic (exact) mass is 248 g/mol. The van der Waals surface area contributed by atoms with Gasteiger partial charge in [-0.15, -0.1) is 0 Å². The minimum atomic E-state index is -1.19. The van der Waals surface area contributed by atoms with Crippen LogP contribution in [0.1, 0.15) is 18.9 Å². The van der Waals surface area contributed by atoms with Crippen LogP contribution in [0, 0.1) is 0 Å². The fraction of sp³-hybridized carbons (Fsp3) is 0.154. The van der Waals surface area contributed by atoms with E-state index in [0.29, 0.717) is 5.56 Å². The van der Waals surface area contributed by atoms with Crippen molar-refractivity contribution in [2.24, 2.45) is 0 Å². The Morgan fingerprint density at radius 2 is 1.89 bits per heavy atom. The smallest absolute Gasteiger partial charge is 0.376 e. The number of rotatable bonds is 5. The number of hydrogen-bond donors (Lipinski definition) is 1. The highest BCUT2D eigenvalue weighted by Gasteiger charge is 2.18. The van der Waals surface area contributed by atoms with Crippen molar-refractivity contribution in [1.82, 2.24) is 0 Å². The predicted octanol–water partition coefficient (Wildman–Crippen LogP) is 1.63. The lowest BCUT2D eigenvalue weighted by Gasteiger charge is -2.10. The minimum Gasteiger partial charge on any atom is -0.478 e. The highest BCUT2D eigenvalue weighted by atomic mass is 16.5. The normalized spacial score (nSPS) is 11.4. The van der Waals surface area contributed by atoms with Gasteiger partial charge in [0.25, 0.3) is 0 Å². The maximum Gasteiger partial charge on any atom is 0.376 e. The first-order valence-electron chi connectivity index (χ1n) is 5.29. The van der Waals surface area contributed by atoms with Crippen molar-refractivity contribution in [3.63, 3.8) is 0 Å². The number of esters is 1. The molecule has 0 saturated carbocycles. The zero-order chi connectivity index (χ0) is 13.5. The van der Waals surface area contributed by atoms with E-state index in [0.717, 1.165) is 0 Å². The van der Waals surface area contributed by atoms with Crippen molar-refractivity contribution in [1.29, 1.82) is 0 Å². The van der Waals surface area contributed by atoms with Crippen LogP contribution in [0.3, 0.4) is 0 Å². The molecule has 0 fully saturated rings. The predicted molar refractivity (Wildman–Crippen MR) is 63.4 cm³/mol. The molecule has 0 radical (unpaired) electrons. The van der Waals surface area contributed by atoms with E-state index < -0.39 is 11.9 Å². The molecule has 1 rings (SSSR count). The molecular weight excluding hydrogens is 236 g/mol. The van der Waals surface area contributed by atoms with Crippen LogP contribution in [-0.4, -0.2) is 23.3 Å². The van der Waals surface area contributed by atoms with Crippen molar-refractivity contribution in [3.8, 4) is 0 Å². The number of carboxylic acid groups (broad SMARTS) is 1. The third-order valence-corrected chi connectivity index (χ3v) is 2.22. The van der Waals surface area contributed by atoms with E-state index in [1.165, 1.54) is 0 Å². The molecule has 0 saturated heterocycles. The van der Waals surface area contributed by atoms with Gasteiger partial charge in [-0.25, -0.2) is 9.59 Å². The molecule has 0 aliphatic heterocycles. The first-order chi connectivity index (χ1) is 8.60. The summed E-state index contributed by atoms with van der Waals surface area (Å²) in [6.07, 6.45) is 0.170. The van der Waals surface area contributed by atoms with Gasteiger partial charge < -0.3 is 9.84 Å². The van der Waals surface area contributed by atoms with Crippen LogP contribution in [0.15, 0.2) is 35.9 Å². The molecule has 0 atom stereocenters. The first kappa shape index (κ1) is 13.6. The van der Waals surface area contributed by atoms with Gasteiger partial charge in [-0.2, -0.15) is 0 Å². The van der Waals surface area contributed by atoms with Gasteiger partial charge in [0.05, 0.1) is 5.57 Å². The number of aliphatic carboxylic acids is 1. The molecule has 1 aromatic rings. The van der Waals surface area contributed by atoms with Crippen molar-refractivity contribution < 1.29 is 24.2 Å². The van der Waals surface area contributed by atoms with Crippen LogP contribution in [-0.2, 0) is 19.1 Å². The van der Waals surface area contributed by atoms with Gasteiger partial charge in [0.15, 0.2) is 0 Å². The van der Waals surface area contributed by atoms with Crippen LogP contribution in [0.2, 0.25) is 0 Å². The maximum atomic E-state index is 11.1. The second-order valence-corrected chi connectivity index (χ2v) is 3.37. The summed E-state index contributed by atoms with van der Waals surface area (Å²) in [5, 5.41) is 9.05. The van der Waals surface area contributed by atoms with E-state index in [1.807, 2.05) is 0 Å². The molecule has 0 unspecified atom stereocenters. The van der Waals surface area contributed by atoms with E-state index in [2.05, 4.69) is 0 Å². The molecule has 5 nitrogen and oxygen atoms in total. The second-order valence-electron chi connectivity index (χ2n) is 3.37. The average molecular weight is 248 g/mol. The third-order valence-electron chi connectivity index (χ3n) is 2.22. The third kappa shape index (κ3) is 3.28. The molecule has 0 amide bonds. The summed E-state index contributed by atoms with van der Waals surface area (Å²) >= 11 is 0. The number of benzene rings is 1. The highest BCUT2D eigenvalue weighted by Crippen LogP contribution is 2.22. The average Bonchev–Trinajstić information content (AvgIpc) is 2.38. The summed E-state index contributed by atoms with van der Waals surface area (Å²) in [6, 6.07) is 8.31. The fourth-order valence-corrected chi connectivity index (χ4v) is 1.42. The van der Waals surface area contributed by atoms with Gasteiger partial charge in [-0.3, -0.25) is 4.79 Å². The first-order valence-corrected chi connectivity index (χ1v) is 5.29. The molecule has 0 aliphatic carbocycles. The topological polar surface area (TPSA) is 80.7 Å². The van der Waals surface area contributed by atoms with E-state index in [1.54, 1.807) is 37.3 Å². The molecular formula is C13H12O5. The Hall–Kier alpha value is -2.43. The van der Waals surface area contributed by atoms with Crippen LogP contribution in [0.4, 0.5) is 0 Å². The quantitative estimate of drug-likeness (QED) is 0.281. The maximum absolute atomic E-state index is 11.1. The largest absolute Gasteiger partial charge is 0.478 e. The second kappa shape index (κ2) is 6.34. The molecule has 0 spiro atoms. The minimum absolute atomic E-state index is 0.00191. The highest BCUT2D eigenvalue weighted by molar-refractivity contribution is 6.22. The summed E-state index contributed by atoms with van der Waals surface area (Å²) in [7, 11) is 0. The van der Waals surface area contributed by atoms with Crippen molar-refractivity contribution >= 4 is 24.0 Å². The molecule has 0 aliphatic rings. The Morgan fingerprint density at radius 1 is 1.28 bits per heavy atom. The Bertz CT molecular complexity index is 487. The SMILES string of the molecule is CCC(C(=O)O)=C(OC(=O)C=O)c1ccccc1. The van der Waals surface area contributed by atoms with E-state index in [4.69, 9.17) is 9.84 Å². The lowest BCUT2D eigenvalue weighted by Crippen LogP contribution is -2.11. The van der Waals surface area contributed by atoms with Crippen LogP contribution >= 0.6 is 0 Å². The fourth-order valence-electron chi connectivity index (χ4n) is 1.42. The van der Waals surface area contributed by atoms with Crippen LogP contribution in [0.5, 0.6) is 0 Å². The molecule has 0 aromatic heterocycles. The van der Waals surface area contributed by atoms with Gasteiger partial charge in [0, 0.05) is 5.56 Å². The Kier molecular flexibility index (Phi) is 4.80. The molecule has 94 valence electrons. The Labute approximate surface area is 104 Å². The molecule has 0 bridgehead atoms. The van der Waals surface area contributed by atoms with Gasteiger partial charge in [0.1, 0.15) is 5.76 Å². The van der Waals surface area contributed by atoms with Gasteiger partial charge in [-0.1, -0.05) is 37.3 Å². The van der Waals surface area contributed by atoms with Crippen LogP contribution in [0.25, 0.3) is 5.76 Å². The van der Waals surface area contributed by atoms with Crippen molar-refractivity contribution in [3.05, 3.63) is 41.5 Å². The summed E-state index contributed by atoms with van der Waals surface area (Å²) in [4.78, 5) is 32.4. The standard InChI is InChI=1S/C13H12O5/c1-2-10(13(16)17)12(18-11(15)8-14)9-6-4-3-5-7-9/h3-8H,2H2,1H3,(H,16,17). The van der Waals surface area contributed by atoms with Gasteiger partial charge >= 0.3 is 11.9 Å². The van der Waals surface area contributed by atoms with Crippen LogP contribution < -0.4 is 0 Å². The van der Waals surface area contributed by atoms with Crippen molar-refractivity contribution in [2.45, 2.75) is 13.3 Å². The van der Waals surface area contributed by atoms with Gasteiger partial charge in [-0.05, 0) is 6.42 Å². The van der Waals surface area contributed by atoms with E-state index >= 15 is 0 Å². The summed E-state index contributed by atoms with van der Waals surface area (Å²) < 4.78 is 4.79. The lowest BCUT2D eigenvalue weighted by atomic mass is 10.1. The number of hydrogen-bond acceptors (Lipinski definition) is 4. The zero-order valence-electron chi connectivity index (χ0n) is 9.75. The molecule has 1 aromatic carbocycles. The molecule has 1 N–H and O–H groups in total.